The normalized spacial score (nSPS) is 10.7. The van der Waals surface area contributed by atoms with Gasteiger partial charge in [-0.15, -0.1) is 0 Å². The Kier molecular flexibility index (Phi) is 9.29. The third-order valence-electron chi connectivity index (χ3n) is 7.44. The van der Waals surface area contributed by atoms with E-state index in [2.05, 4.69) is 6.07 Å². The number of aryl methyl sites for hydroxylation is 2. The number of rotatable bonds is 8. The molecule has 45 heavy (non-hydrogen) atoms. The predicted octanol–water partition coefficient (Wildman–Crippen LogP) is 9.45. The molecule has 0 aliphatic carbocycles. The number of halogens is 2. The Bertz CT molecular complexity index is 1970. The van der Waals surface area contributed by atoms with E-state index in [1.807, 2.05) is 13.8 Å². The second kappa shape index (κ2) is 13.3. The molecule has 0 bridgehead atoms. The van der Waals surface area contributed by atoms with Gasteiger partial charge in [-0.1, -0.05) is 107 Å². The van der Waals surface area contributed by atoms with Crippen molar-refractivity contribution in [2.45, 2.75) is 20.8 Å². The van der Waals surface area contributed by atoms with Gasteiger partial charge < -0.3 is 4.74 Å². The SMILES string of the molecule is CCOC(=O)c1c(C#N)c(C(=O)c2ccc(C)cc2)c(-c2ccc(Cl)cc2)c(-c2ccc(Cl)cc2)c1C(=O)c1ccc(C)cc1. The third-order valence-corrected chi connectivity index (χ3v) is 7.94. The number of esters is 1. The Balaban J connectivity index is 2.05. The van der Waals surface area contributed by atoms with Gasteiger partial charge in [0.2, 0.25) is 0 Å². The number of carbonyl (C=O) groups is 3. The number of carbonyl (C=O) groups excluding carboxylic acids is 3. The average Bonchev–Trinajstić information content (AvgIpc) is 3.04. The summed E-state index contributed by atoms with van der Waals surface area (Å²) in [7, 11) is 0. The first-order chi connectivity index (χ1) is 21.6. The lowest BCUT2D eigenvalue weighted by Gasteiger charge is -2.24. The summed E-state index contributed by atoms with van der Waals surface area (Å²) in [6.07, 6.45) is 0. The molecular weight excluding hydrogens is 605 g/mol. The van der Waals surface area contributed by atoms with Crippen molar-refractivity contribution in [3.8, 4) is 28.3 Å². The minimum atomic E-state index is -0.889. The molecule has 0 aliphatic heterocycles. The molecule has 0 amide bonds. The molecule has 0 saturated heterocycles. The van der Waals surface area contributed by atoms with Crippen molar-refractivity contribution in [1.82, 2.24) is 0 Å². The van der Waals surface area contributed by atoms with Crippen LogP contribution in [0.4, 0.5) is 0 Å². The summed E-state index contributed by atoms with van der Waals surface area (Å²) in [6.45, 7) is 5.41. The number of nitrogens with zero attached hydrogens (tertiary/aromatic N) is 1. The van der Waals surface area contributed by atoms with E-state index in [0.29, 0.717) is 37.9 Å². The second-order valence-corrected chi connectivity index (χ2v) is 11.4. The molecule has 5 rings (SSSR count). The third kappa shape index (κ3) is 6.30. The molecule has 222 valence electrons. The molecule has 0 heterocycles. The van der Waals surface area contributed by atoms with E-state index in [1.165, 1.54) is 0 Å². The van der Waals surface area contributed by atoms with Crippen LogP contribution in [0.15, 0.2) is 97.1 Å². The van der Waals surface area contributed by atoms with E-state index in [0.717, 1.165) is 11.1 Å². The van der Waals surface area contributed by atoms with Gasteiger partial charge in [-0.25, -0.2) is 4.79 Å². The molecule has 0 radical (unpaired) electrons. The maximum atomic E-state index is 14.6. The molecule has 0 unspecified atom stereocenters. The first-order valence-corrected chi connectivity index (χ1v) is 15.0. The van der Waals surface area contributed by atoms with Crippen molar-refractivity contribution in [1.29, 1.82) is 5.26 Å². The lowest BCUT2D eigenvalue weighted by atomic mass is 9.77. The molecule has 0 spiro atoms. The smallest absolute Gasteiger partial charge is 0.340 e. The Morgan fingerprint density at radius 1 is 0.622 bits per heavy atom. The maximum Gasteiger partial charge on any atom is 0.340 e. The summed E-state index contributed by atoms with van der Waals surface area (Å²) in [5.41, 5.74) is 3.49. The lowest BCUT2D eigenvalue weighted by Crippen LogP contribution is -2.21. The van der Waals surface area contributed by atoms with Crippen LogP contribution in [0.5, 0.6) is 0 Å². The van der Waals surface area contributed by atoms with Gasteiger partial charge in [0.1, 0.15) is 6.07 Å². The van der Waals surface area contributed by atoms with Crippen LogP contribution in [0.1, 0.15) is 65.8 Å². The van der Waals surface area contributed by atoms with E-state index < -0.39 is 17.5 Å². The number of hydrogen-bond acceptors (Lipinski definition) is 5. The van der Waals surface area contributed by atoms with Gasteiger partial charge >= 0.3 is 5.97 Å². The van der Waals surface area contributed by atoms with Gasteiger partial charge in [-0.05, 0) is 56.2 Å². The van der Waals surface area contributed by atoms with Crippen molar-refractivity contribution >= 4 is 40.7 Å². The monoisotopic (exact) mass is 631 g/mol. The molecular formula is C38H27Cl2NO4. The minimum absolute atomic E-state index is 0.0156. The number of benzene rings is 5. The topological polar surface area (TPSA) is 84.2 Å². The van der Waals surface area contributed by atoms with Gasteiger partial charge in [0.15, 0.2) is 11.6 Å². The molecule has 5 nitrogen and oxygen atoms in total. The Morgan fingerprint density at radius 3 is 1.42 bits per heavy atom. The molecule has 5 aromatic carbocycles. The van der Waals surface area contributed by atoms with Crippen LogP contribution in [-0.2, 0) is 4.74 Å². The van der Waals surface area contributed by atoms with E-state index in [4.69, 9.17) is 27.9 Å². The zero-order valence-corrected chi connectivity index (χ0v) is 26.3. The van der Waals surface area contributed by atoms with Gasteiger partial charge in [0, 0.05) is 43.4 Å². The Morgan fingerprint density at radius 2 is 1.02 bits per heavy atom. The minimum Gasteiger partial charge on any atom is -0.462 e. The summed E-state index contributed by atoms with van der Waals surface area (Å²) in [6, 6.07) is 29.4. The van der Waals surface area contributed by atoms with Gasteiger partial charge in [-0.3, -0.25) is 9.59 Å². The van der Waals surface area contributed by atoms with Gasteiger partial charge in [-0.2, -0.15) is 5.26 Å². The highest BCUT2D eigenvalue weighted by Crippen LogP contribution is 2.44. The Labute approximate surface area is 271 Å². The van der Waals surface area contributed by atoms with Crippen molar-refractivity contribution in [3.63, 3.8) is 0 Å². The van der Waals surface area contributed by atoms with Crippen LogP contribution >= 0.6 is 23.2 Å². The van der Waals surface area contributed by atoms with Gasteiger partial charge in [0.25, 0.3) is 0 Å². The zero-order valence-electron chi connectivity index (χ0n) is 24.8. The van der Waals surface area contributed by atoms with Crippen LogP contribution in [0.3, 0.4) is 0 Å². The summed E-state index contributed by atoms with van der Waals surface area (Å²) in [5, 5.41) is 11.6. The lowest BCUT2D eigenvalue weighted by molar-refractivity contribution is 0.0523. The maximum absolute atomic E-state index is 14.6. The van der Waals surface area contributed by atoms with Crippen molar-refractivity contribution in [2.75, 3.05) is 6.61 Å². The number of ether oxygens (including phenoxy) is 1. The summed E-state index contributed by atoms with van der Waals surface area (Å²) in [5.74, 6) is -1.89. The number of nitriles is 1. The molecule has 0 saturated carbocycles. The summed E-state index contributed by atoms with van der Waals surface area (Å²) in [4.78, 5) is 43.0. The van der Waals surface area contributed by atoms with Gasteiger partial charge in [0.05, 0.1) is 17.7 Å². The average molecular weight is 633 g/mol. The molecule has 5 aromatic rings. The highest BCUT2D eigenvalue weighted by atomic mass is 35.5. The zero-order chi connectivity index (χ0) is 32.2. The first kappa shape index (κ1) is 31.4. The number of ketones is 2. The van der Waals surface area contributed by atoms with Crippen molar-refractivity contribution in [3.05, 3.63) is 152 Å². The van der Waals surface area contributed by atoms with E-state index >= 15 is 0 Å². The highest BCUT2D eigenvalue weighted by Gasteiger charge is 2.35. The van der Waals surface area contributed by atoms with Crippen LogP contribution in [0, 0.1) is 25.2 Å². The van der Waals surface area contributed by atoms with E-state index in [9.17, 15) is 19.6 Å². The molecule has 0 fully saturated rings. The quantitative estimate of drug-likeness (QED) is 0.126. The summed E-state index contributed by atoms with van der Waals surface area (Å²) < 4.78 is 5.45. The van der Waals surface area contributed by atoms with Crippen LogP contribution in [0.25, 0.3) is 22.3 Å². The van der Waals surface area contributed by atoms with Crippen molar-refractivity contribution in [2.24, 2.45) is 0 Å². The number of hydrogen-bond donors (Lipinski definition) is 0. The fourth-order valence-corrected chi connectivity index (χ4v) is 5.48. The van der Waals surface area contributed by atoms with E-state index in [1.54, 1.807) is 104 Å². The molecule has 0 aliphatic rings. The van der Waals surface area contributed by atoms with Crippen molar-refractivity contribution < 1.29 is 19.1 Å². The highest BCUT2D eigenvalue weighted by molar-refractivity contribution is 6.31. The van der Waals surface area contributed by atoms with E-state index in [-0.39, 0.29) is 34.4 Å². The molecule has 7 heteroatoms. The van der Waals surface area contributed by atoms with Crippen LogP contribution in [-0.4, -0.2) is 24.1 Å². The first-order valence-electron chi connectivity index (χ1n) is 14.2. The largest absolute Gasteiger partial charge is 0.462 e. The predicted molar refractivity (Wildman–Crippen MR) is 177 cm³/mol. The summed E-state index contributed by atoms with van der Waals surface area (Å²) >= 11 is 12.6. The molecule has 0 aromatic heterocycles. The molecule has 0 atom stereocenters. The molecule has 0 N–H and O–H groups in total. The fraction of sp³-hybridized carbons (Fsp3) is 0.105. The standard InChI is InChI=1S/C38H27Cl2NO4/c1-4-45-38(44)34-30(21-41)33(36(42)26-9-5-22(2)6-10-26)31(24-13-17-28(39)18-14-24)32(25-15-19-29(40)20-16-25)35(34)37(43)27-11-7-23(3)8-12-27/h5-20H,4H2,1-3H3. The van der Waals surface area contributed by atoms with Crippen LogP contribution in [0.2, 0.25) is 10.0 Å². The Hall–Kier alpha value is -5.02. The van der Waals surface area contributed by atoms with Crippen LogP contribution < -0.4 is 0 Å². The second-order valence-electron chi connectivity index (χ2n) is 10.5. The fourth-order valence-electron chi connectivity index (χ4n) is 5.23.